The molecule has 6 nitrogen and oxygen atoms in total. The van der Waals surface area contributed by atoms with Crippen molar-refractivity contribution in [2.24, 2.45) is 0 Å². The number of para-hydroxylation sites is 1. The van der Waals surface area contributed by atoms with Crippen molar-refractivity contribution in [1.29, 1.82) is 0 Å². The molecule has 3 rings (SSSR count). The van der Waals surface area contributed by atoms with Crippen molar-refractivity contribution < 1.29 is 28.9 Å². The lowest BCUT2D eigenvalue weighted by atomic mass is 9.88. The number of rotatable bonds is 4. The Balaban J connectivity index is 2.25. The van der Waals surface area contributed by atoms with Gasteiger partial charge in [-0.15, -0.1) is 0 Å². The minimum atomic E-state index is -1.98. The zero-order chi connectivity index (χ0) is 19.1. The molecule has 26 heavy (non-hydrogen) atoms. The van der Waals surface area contributed by atoms with E-state index in [1.807, 2.05) is 0 Å². The molecule has 2 aromatic rings. The van der Waals surface area contributed by atoms with E-state index in [0.29, 0.717) is 28.0 Å². The van der Waals surface area contributed by atoms with Gasteiger partial charge in [0.15, 0.2) is 0 Å². The number of fused-ring (bicyclic) bond motifs is 1. The van der Waals surface area contributed by atoms with Gasteiger partial charge < -0.3 is 19.3 Å². The Labute approximate surface area is 151 Å². The molecule has 1 atom stereocenters. The van der Waals surface area contributed by atoms with E-state index in [2.05, 4.69) is 0 Å². The maximum absolute atomic E-state index is 12.5. The lowest BCUT2D eigenvalue weighted by Crippen LogP contribution is -2.28. The van der Waals surface area contributed by atoms with Gasteiger partial charge in [-0.3, -0.25) is 0 Å². The first kappa shape index (κ1) is 17.9. The normalized spacial score (nSPS) is 18.3. The summed E-state index contributed by atoms with van der Waals surface area (Å²) in [6.07, 6.45) is 0. The zero-order valence-corrected chi connectivity index (χ0v) is 15.1. The third-order valence-corrected chi connectivity index (χ3v) is 4.54. The summed E-state index contributed by atoms with van der Waals surface area (Å²) in [6.45, 7) is 5.31. The lowest BCUT2D eigenvalue weighted by molar-refractivity contribution is -0.130. The van der Waals surface area contributed by atoms with Crippen LogP contribution in [-0.2, 0) is 15.3 Å². The Morgan fingerprint density at radius 1 is 1.23 bits per heavy atom. The minimum Gasteiger partial charge on any atom is -0.496 e. The molecule has 0 radical (unpaired) electrons. The number of hydrogen-bond donors (Lipinski definition) is 1. The molecule has 1 aliphatic heterocycles. The van der Waals surface area contributed by atoms with E-state index < -0.39 is 17.7 Å². The van der Waals surface area contributed by atoms with Gasteiger partial charge in [0.25, 0.3) is 5.79 Å². The zero-order valence-electron chi connectivity index (χ0n) is 15.1. The third-order valence-electron chi connectivity index (χ3n) is 4.54. The van der Waals surface area contributed by atoms with Crippen LogP contribution in [0.5, 0.6) is 5.75 Å². The maximum Gasteiger partial charge on any atom is 0.342 e. The molecule has 0 spiro atoms. The molecule has 0 saturated carbocycles. The summed E-state index contributed by atoms with van der Waals surface area (Å²) >= 11 is 0. The first-order chi connectivity index (χ1) is 12.3. The molecule has 1 aliphatic rings. The van der Waals surface area contributed by atoms with Crippen LogP contribution >= 0.6 is 0 Å². The molecule has 1 heterocycles. The highest BCUT2D eigenvalue weighted by molar-refractivity contribution is 6.02. The van der Waals surface area contributed by atoms with Gasteiger partial charge in [0.1, 0.15) is 5.75 Å². The fourth-order valence-electron chi connectivity index (χ4n) is 3.40. The third kappa shape index (κ3) is 2.54. The molecule has 0 saturated heterocycles. The summed E-state index contributed by atoms with van der Waals surface area (Å²) in [5.41, 5.74) is 2.10. The summed E-state index contributed by atoms with van der Waals surface area (Å²) in [7, 11) is 1.47. The van der Waals surface area contributed by atoms with E-state index in [0.717, 1.165) is 0 Å². The SMILES string of the molecule is CCOC(=O)c1c(C)cc2c(c1C)C(=O)OC2(O)c1ccccc1OC. The summed E-state index contributed by atoms with van der Waals surface area (Å²) < 4.78 is 15.7. The van der Waals surface area contributed by atoms with E-state index in [9.17, 15) is 14.7 Å². The molecular formula is C20H20O6. The van der Waals surface area contributed by atoms with E-state index in [1.54, 1.807) is 51.1 Å². The van der Waals surface area contributed by atoms with Crippen molar-refractivity contribution in [3.63, 3.8) is 0 Å². The van der Waals surface area contributed by atoms with Crippen LogP contribution in [-0.4, -0.2) is 30.8 Å². The predicted octanol–water partition coefficient (Wildman–Crippen LogP) is 2.85. The second-order valence-electron chi connectivity index (χ2n) is 6.07. The first-order valence-electron chi connectivity index (χ1n) is 8.26. The number of carbonyl (C=O) groups excluding carboxylic acids is 2. The van der Waals surface area contributed by atoms with Gasteiger partial charge in [0.2, 0.25) is 0 Å². The van der Waals surface area contributed by atoms with Gasteiger partial charge in [-0.05, 0) is 50.1 Å². The monoisotopic (exact) mass is 356 g/mol. The van der Waals surface area contributed by atoms with Crippen molar-refractivity contribution in [3.05, 3.63) is 63.7 Å². The van der Waals surface area contributed by atoms with Crippen molar-refractivity contribution in [2.75, 3.05) is 13.7 Å². The number of carbonyl (C=O) groups is 2. The summed E-state index contributed by atoms with van der Waals surface area (Å²) in [5.74, 6) is -2.80. The van der Waals surface area contributed by atoms with Crippen LogP contribution in [0.2, 0.25) is 0 Å². The molecular weight excluding hydrogens is 336 g/mol. The number of methoxy groups -OCH3 is 1. The average molecular weight is 356 g/mol. The molecule has 1 unspecified atom stereocenters. The average Bonchev–Trinajstić information content (AvgIpc) is 2.86. The second-order valence-corrected chi connectivity index (χ2v) is 6.07. The van der Waals surface area contributed by atoms with Crippen LogP contribution in [0.1, 0.15) is 49.9 Å². The number of esters is 2. The smallest absolute Gasteiger partial charge is 0.342 e. The second kappa shape index (κ2) is 6.46. The fraction of sp³-hybridized carbons (Fsp3) is 0.300. The van der Waals surface area contributed by atoms with Crippen molar-refractivity contribution in [1.82, 2.24) is 0 Å². The first-order valence-corrected chi connectivity index (χ1v) is 8.26. The molecule has 0 bridgehead atoms. The van der Waals surface area contributed by atoms with E-state index in [4.69, 9.17) is 14.2 Å². The highest BCUT2D eigenvalue weighted by Gasteiger charge is 2.49. The van der Waals surface area contributed by atoms with Crippen LogP contribution in [0.15, 0.2) is 30.3 Å². The molecule has 6 heteroatoms. The molecule has 0 fully saturated rings. The van der Waals surface area contributed by atoms with Gasteiger partial charge in [0.05, 0.1) is 30.4 Å². The lowest BCUT2D eigenvalue weighted by Gasteiger charge is -2.25. The van der Waals surface area contributed by atoms with Crippen molar-refractivity contribution in [3.8, 4) is 5.75 Å². The highest BCUT2D eigenvalue weighted by Crippen LogP contribution is 2.45. The van der Waals surface area contributed by atoms with E-state index in [1.165, 1.54) is 7.11 Å². The maximum atomic E-state index is 12.5. The molecule has 0 aromatic heterocycles. The number of cyclic esters (lactones) is 1. The number of benzene rings is 2. The number of hydrogen-bond acceptors (Lipinski definition) is 6. The molecule has 1 N–H and O–H groups in total. The topological polar surface area (TPSA) is 82.1 Å². The van der Waals surface area contributed by atoms with Crippen LogP contribution in [0.3, 0.4) is 0 Å². The van der Waals surface area contributed by atoms with Crippen molar-refractivity contribution >= 4 is 11.9 Å². The Kier molecular flexibility index (Phi) is 4.46. The number of aliphatic hydroxyl groups is 1. The van der Waals surface area contributed by atoms with Crippen molar-refractivity contribution in [2.45, 2.75) is 26.6 Å². The quantitative estimate of drug-likeness (QED) is 0.849. The van der Waals surface area contributed by atoms with Crippen LogP contribution < -0.4 is 4.74 Å². The van der Waals surface area contributed by atoms with Crippen LogP contribution in [0, 0.1) is 13.8 Å². The molecule has 0 aliphatic carbocycles. The van der Waals surface area contributed by atoms with Crippen LogP contribution in [0.25, 0.3) is 0 Å². The Morgan fingerprint density at radius 2 is 1.92 bits per heavy atom. The highest BCUT2D eigenvalue weighted by atomic mass is 16.7. The van der Waals surface area contributed by atoms with E-state index in [-0.39, 0.29) is 17.7 Å². The molecule has 136 valence electrons. The standard InChI is InChI=1S/C20H20O6/c1-5-25-18(21)16-11(2)10-14-17(12(16)3)19(22)26-20(14,23)13-8-6-7-9-15(13)24-4/h6-10,23H,5H2,1-4H3. The summed E-state index contributed by atoms with van der Waals surface area (Å²) in [5, 5.41) is 11.2. The Bertz CT molecular complexity index is 901. The van der Waals surface area contributed by atoms with Gasteiger partial charge in [-0.25, -0.2) is 9.59 Å². The molecule has 0 amide bonds. The fourth-order valence-corrected chi connectivity index (χ4v) is 3.40. The Hall–Kier alpha value is -2.86. The van der Waals surface area contributed by atoms with Crippen LogP contribution in [0.4, 0.5) is 0 Å². The number of ether oxygens (including phenoxy) is 3. The van der Waals surface area contributed by atoms with Gasteiger partial charge in [-0.1, -0.05) is 12.1 Å². The van der Waals surface area contributed by atoms with E-state index >= 15 is 0 Å². The minimum absolute atomic E-state index is 0.173. The summed E-state index contributed by atoms with van der Waals surface area (Å²) in [6, 6.07) is 8.36. The van der Waals surface area contributed by atoms with Gasteiger partial charge >= 0.3 is 11.9 Å². The van der Waals surface area contributed by atoms with Gasteiger partial charge in [0, 0.05) is 5.56 Å². The predicted molar refractivity (Wildman–Crippen MR) is 93.3 cm³/mol. The van der Waals surface area contributed by atoms with Gasteiger partial charge in [-0.2, -0.15) is 0 Å². The molecule has 2 aromatic carbocycles. The number of aryl methyl sites for hydroxylation is 1. The Morgan fingerprint density at radius 3 is 2.58 bits per heavy atom. The summed E-state index contributed by atoms with van der Waals surface area (Å²) in [4.78, 5) is 24.8. The largest absolute Gasteiger partial charge is 0.496 e.